The summed E-state index contributed by atoms with van der Waals surface area (Å²) in [6, 6.07) is 46.4. The number of halogens is 1. The molecule has 5 aliphatic rings. The molecule has 5 heterocycles. The highest BCUT2D eigenvalue weighted by molar-refractivity contribution is 8.16. The van der Waals surface area contributed by atoms with Crippen molar-refractivity contribution in [2.75, 3.05) is 32.0 Å². The van der Waals surface area contributed by atoms with Crippen molar-refractivity contribution >= 4 is 52.1 Å². The topological polar surface area (TPSA) is 68.2 Å². The zero-order valence-electron chi connectivity index (χ0n) is 30.2. The van der Waals surface area contributed by atoms with Gasteiger partial charge in [-0.2, -0.15) is 0 Å². The van der Waals surface area contributed by atoms with E-state index in [1.165, 1.54) is 17.3 Å². The van der Waals surface area contributed by atoms with Crippen LogP contribution < -0.4 is 5.32 Å². The van der Waals surface area contributed by atoms with Crippen LogP contribution in [0.1, 0.15) is 39.8 Å². The number of rotatable bonds is 5. The Labute approximate surface area is 330 Å². The zero-order chi connectivity index (χ0) is 37.3. The number of thioether (sulfide) groups is 1. The van der Waals surface area contributed by atoms with Crippen LogP contribution in [0.3, 0.4) is 0 Å². The van der Waals surface area contributed by atoms with Gasteiger partial charge in [-0.1, -0.05) is 145 Å². The molecule has 2 fully saturated rings. The number of nitrogens with one attached hydrogen (secondary N) is 1. The second-order valence-electron chi connectivity index (χ2n) is 15.0. The molecule has 5 aromatic carbocycles. The fourth-order valence-corrected chi connectivity index (χ4v) is 11.5. The molecule has 4 atom stereocenters. The average Bonchev–Trinajstić information content (AvgIpc) is 3.78. The predicted molar refractivity (Wildman–Crippen MR) is 221 cm³/mol. The van der Waals surface area contributed by atoms with Crippen molar-refractivity contribution in [2.45, 2.75) is 28.8 Å². The monoisotopic (exact) mass is 759 g/mol. The molecule has 9 heteroatoms. The van der Waals surface area contributed by atoms with Crippen LogP contribution in [0, 0.1) is 0 Å². The first-order valence-corrected chi connectivity index (χ1v) is 19.9. The van der Waals surface area contributed by atoms with Gasteiger partial charge < -0.3 is 5.32 Å². The third kappa shape index (κ3) is 5.16. The van der Waals surface area contributed by atoms with E-state index in [0.29, 0.717) is 29.8 Å². The normalized spacial score (nSPS) is 26.8. The number of likely N-dealkylation sites (tertiary alicyclic amines) is 1. The van der Waals surface area contributed by atoms with Crippen LogP contribution in [0.25, 0.3) is 6.08 Å². The average molecular weight is 760 g/mol. The van der Waals surface area contributed by atoms with Gasteiger partial charge in [0.15, 0.2) is 10.7 Å². The number of nitrogens with zero attached hydrogens (tertiary/aromatic N) is 4. The lowest BCUT2D eigenvalue weighted by molar-refractivity contribution is -0.139. The van der Waals surface area contributed by atoms with E-state index in [1.807, 2.05) is 90.8 Å². The van der Waals surface area contributed by atoms with Crippen molar-refractivity contribution in [1.29, 1.82) is 0 Å². The number of carbonyl (C=O) groups excluding carboxylic acids is 2. The summed E-state index contributed by atoms with van der Waals surface area (Å²) in [6.07, 6.45) is 2.24. The van der Waals surface area contributed by atoms with Crippen LogP contribution in [0.2, 0.25) is 5.02 Å². The minimum absolute atomic E-state index is 0.110. The standard InChI is InChI=1S/C46H38ClN5O2S/c1-50-29-38(32-21-23-35(47)24-22-32)46(45(50)37-19-11-12-20-39(37)48-42(45)53)43(54)52-41(33-17-9-4-10-18-33)36-28-51(26-31-15-7-3-8-16-31)27-34(40(36)49-44(52)55-46)25-30-13-5-2-6-14-30/h2-25,38,41H,26-29H2,1H3,(H,48,53)/b34-25+/t38-,41+,45+,46-/m0/s1. The Morgan fingerprint density at radius 2 is 1.49 bits per heavy atom. The molecule has 0 radical (unpaired) electrons. The number of fused-ring (bicyclic) bond motifs is 4. The highest BCUT2D eigenvalue weighted by atomic mass is 35.5. The third-order valence-corrected chi connectivity index (χ3v) is 13.7. The van der Waals surface area contributed by atoms with Gasteiger partial charge in [-0.25, -0.2) is 4.99 Å². The van der Waals surface area contributed by atoms with E-state index in [0.717, 1.165) is 51.3 Å². The summed E-state index contributed by atoms with van der Waals surface area (Å²) >= 11 is 7.91. The van der Waals surface area contributed by atoms with Crippen molar-refractivity contribution < 1.29 is 9.59 Å². The van der Waals surface area contributed by atoms with Crippen molar-refractivity contribution in [3.8, 4) is 0 Å². The maximum absolute atomic E-state index is 16.2. The molecule has 2 amide bonds. The number of carbonyl (C=O) groups is 2. The summed E-state index contributed by atoms with van der Waals surface area (Å²) in [5.74, 6) is -0.664. The van der Waals surface area contributed by atoms with Gasteiger partial charge in [0.25, 0.3) is 5.91 Å². The van der Waals surface area contributed by atoms with Crippen LogP contribution in [-0.4, -0.2) is 63.1 Å². The fourth-order valence-electron chi connectivity index (χ4n) is 9.66. The number of benzene rings is 5. The van der Waals surface area contributed by atoms with Gasteiger partial charge >= 0.3 is 0 Å². The maximum atomic E-state index is 16.2. The van der Waals surface area contributed by atoms with Gasteiger partial charge in [0.05, 0.1) is 11.7 Å². The highest BCUT2D eigenvalue weighted by Crippen LogP contribution is 2.67. The van der Waals surface area contributed by atoms with E-state index in [9.17, 15) is 4.79 Å². The molecule has 1 N–H and O–H groups in total. The molecule has 5 aromatic rings. The molecule has 0 aromatic heterocycles. The first kappa shape index (κ1) is 34.3. The molecule has 2 spiro atoms. The van der Waals surface area contributed by atoms with E-state index in [1.54, 1.807) is 0 Å². The number of para-hydroxylation sites is 1. The summed E-state index contributed by atoms with van der Waals surface area (Å²) < 4.78 is -1.29. The molecule has 272 valence electrons. The molecule has 0 aliphatic carbocycles. The van der Waals surface area contributed by atoms with Crippen LogP contribution in [0.4, 0.5) is 5.69 Å². The summed E-state index contributed by atoms with van der Waals surface area (Å²) in [6.45, 7) is 2.55. The first-order chi connectivity index (χ1) is 26.9. The molecule has 0 unspecified atom stereocenters. The molecule has 55 heavy (non-hydrogen) atoms. The second kappa shape index (κ2) is 13.2. The van der Waals surface area contributed by atoms with E-state index in [-0.39, 0.29) is 17.7 Å². The van der Waals surface area contributed by atoms with Gasteiger partial charge in [-0.05, 0) is 64.7 Å². The number of anilines is 1. The number of hydrogen-bond donors (Lipinski definition) is 1. The lowest BCUT2D eigenvalue weighted by Crippen LogP contribution is -2.62. The molecule has 10 rings (SSSR count). The summed E-state index contributed by atoms with van der Waals surface area (Å²) in [5, 5.41) is 4.44. The Bertz CT molecular complexity index is 2440. The summed E-state index contributed by atoms with van der Waals surface area (Å²) in [5.41, 5.74) is 7.62. The van der Waals surface area contributed by atoms with Gasteiger partial charge in [0.2, 0.25) is 5.91 Å². The predicted octanol–water partition coefficient (Wildman–Crippen LogP) is 8.50. The fraction of sp³-hybridized carbons (Fsp3) is 0.196. The number of aliphatic imine (C=N–C) groups is 1. The Balaban J connectivity index is 1.20. The zero-order valence-corrected chi connectivity index (χ0v) is 31.8. The van der Waals surface area contributed by atoms with Crippen LogP contribution >= 0.6 is 23.4 Å². The molecule has 0 bridgehead atoms. The van der Waals surface area contributed by atoms with Crippen molar-refractivity contribution in [3.05, 3.63) is 189 Å². The first-order valence-electron chi connectivity index (χ1n) is 18.7. The number of likely N-dealkylation sites (N-methyl/N-ethyl adjacent to an activating group) is 1. The van der Waals surface area contributed by atoms with Crippen molar-refractivity contribution in [1.82, 2.24) is 14.7 Å². The van der Waals surface area contributed by atoms with Crippen LogP contribution in [0.15, 0.2) is 161 Å². The van der Waals surface area contributed by atoms with Gasteiger partial charge in [-0.3, -0.25) is 24.3 Å². The number of hydrogen-bond acceptors (Lipinski definition) is 6. The second-order valence-corrected chi connectivity index (χ2v) is 16.6. The van der Waals surface area contributed by atoms with Crippen LogP contribution in [0.5, 0.6) is 0 Å². The number of amides is 2. The quantitative estimate of drug-likeness (QED) is 0.195. The van der Waals surface area contributed by atoms with Gasteiger partial charge in [-0.15, -0.1) is 0 Å². The van der Waals surface area contributed by atoms with Gasteiger partial charge in [0, 0.05) is 48.4 Å². The molecule has 5 aliphatic heterocycles. The largest absolute Gasteiger partial charge is 0.324 e. The van der Waals surface area contributed by atoms with Crippen LogP contribution in [-0.2, 0) is 21.7 Å². The molecule has 0 saturated carbocycles. The minimum atomic E-state index is -1.31. The summed E-state index contributed by atoms with van der Waals surface area (Å²) in [4.78, 5) is 43.1. The molecule has 2 saturated heterocycles. The Hall–Kier alpha value is -5.25. The number of amidine groups is 1. The Kier molecular flexibility index (Phi) is 8.22. The Morgan fingerprint density at radius 1 is 0.818 bits per heavy atom. The van der Waals surface area contributed by atoms with Crippen molar-refractivity contribution in [3.63, 3.8) is 0 Å². The van der Waals surface area contributed by atoms with E-state index < -0.39 is 16.3 Å². The van der Waals surface area contributed by atoms with Gasteiger partial charge in [0.1, 0.15) is 4.75 Å². The van der Waals surface area contributed by atoms with E-state index in [2.05, 4.69) is 81.9 Å². The third-order valence-electron chi connectivity index (χ3n) is 11.9. The van der Waals surface area contributed by atoms with Crippen molar-refractivity contribution in [2.24, 2.45) is 4.99 Å². The maximum Gasteiger partial charge on any atom is 0.251 e. The van der Waals surface area contributed by atoms with E-state index in [4.69, 9.17) is 16.6 Å². The van der Waals surface area contributed by atoms with E-state index >= 15 is 4.79 Å². The molecular weight excluding hydrogens is 722 g/mol. The molecule has 7 nitrogen and oxygen atoms in total. The minimum Gasteiger partial charge on any atom is -0.324 e. The highest BCUT2D eigenvalue weighted by Gasteiger charge is 2.78. The summed E-state index contributed by atoms with van der Waals surface area (Å²) in [7, 11) is 1.98. The lowest BCUT2D eigenvalue weighted by Gasteiger charge is -2.43. The SMILES string of the molecule is CN1C[C@@H](c2ccc(Cl)cc2)[C@@]2(SC3=NC4=C(CN(Cc5ccccc5)C/C4=C\c4ccccc4)[C@@H](c4ccccc4)N3C2=O)[C@@]12C(=O)Nc1ccccc12. The smallest absolute Gasteiger partial charge is 0.251 e. The Morgan fingerprint density at radius 3 is 2.24 bits per heavy atom. The lowest BCUT2D eigenvalue weighted by atomic mass is 9.71. The molecular formula is C46H38ClN5O2S.